The van der Waals surface area contributed by atoms with Crippen molar-refractivity contribution >= 4 is 40.9 Å². The van der Waals surface area contributed by atoms with E-state index in [4.69, 9.17) is 27.9 Å². The van der Waals surface area contributed by atoms with Crippen LogP contribution in [-0.2, 0) is 9.53 Å². The molecule has 1 aromatic heterocycles. The third-order valence-electron chi connectivity index (χ3n) is 4.17. The van der Waals surface area contributed by atoms with Crippen molar-refractivity contribution in [3.63, 3.8) is 0 Å². The second kappa shape index (κ2) is 5.48. The number of allylic oxidation sites excluding steroid dienone is 1. The number of hydrogen-bond acceptors (Lipinski definition) is 5. The zero-order valence-corrected chi connectivity index (χ0v) is 14.0. The van der Waals surface area contributed by atoms with Crippen LogP contribution >= 0.6 is 35.0 Å². The molecule has 8 heteroatoms. The number of esters is 1. The van der Waals surface area contributed by atoms with Crippen LogP contribution < -0.4 is 0 Å². The van der Waals surface area contributed by atoms with Crippen LogP contribution in [-0.4, -0.2) is 26.5 Å². The summed E-state index contributed by atoms with van der Waals surface area (Å²) in [5, 5.41) is 8.65. The van der Waals surface area contributed by atoms with E-state index in [9.17, 15) is 4.79 Å². The molecule has 3 atom stereocenters. The summed E-state index contributed by atoms with van der Waals surface area (Å²) >= 11 is 13.0. The van der Waals surface area contributed by atoms with Gasteiger partial charge in [0.15, 0.2) is 11.4 Å². The predicted octanol–water partition coefficient (Wildman–Crippen LogP) is 3.41. The maximum atomic E-state index is 12.4. The molecule has 2 heterocycles. The zero-order valence-electron chi connectivity index (χ0n) is 11.6. The standard InChI is InChI=1S/C13H15Cl2N3O2S/c1-13(2)7(5-8(14)15)10(13)11(19)20-9-3-4-21-12-17-16-6-18(9)12/h5-7,9-10H,3-4H2,1-2H3. The van der Waals surface area contributed by atoms with Crippen LogP contribution in [0.3, 0.4) is 0 Å². The van der Waals surface area contributed by atoms with Crippen molar-refractivity contribution in [1.29, 1.82) is 0 Å². The van der Waals surface area contributed by atoms with Crippen molar-refractivity contribution in [2.45, 2.75) is 31.7 Å². The number of aromatic nitrogens is 3. The highest BCUT2D eigenvalue weighted by Gasteiger charge is 2.62. The van der Waals surface area contributed by atoms with Crippen LogP contribution in [0.15, 0.2) is 22.1 Å². The van der Waals surface area contributed by atoms with Crippen molar-refractivity contribution in [2.75, 3.05) is 5.75 Å². The highest BCUT2D eigenvalue weighted by Crippen LogP contribution is 2.60. The van der Waals surface area contributed by atoms with Gasteiger partial charge < -0.3 is 4.74 Å². The number of thioether (sulfide) groups is 1. The van der Waals surface area contributed by atoms with Gasteiger partial charge >= 0.3 is 5.97 Å². The van der Waals surface area contributed by atoms with Crippen LogP contribution in [0.2, 0.25) is 0 Å². The Morgan fingerprint density at radius 2 is 2.33 bits per heavy atom. The third-order valence-corrected chi connectivity index (χ3v) is 5.41. The number of ether oxygens (including phenoxy) is 1. The molecular weight excluding hydrogens is 333 g/mol. The van der Waals surface area contributed by atoms with E-state index in [0.717, 1.165) is 17.3 Å². The van der Waals surface area contributed by atoms with Gasteiger partial charge in [0.2, 0.25) is 0 Å². The Kier molecular flexibility index (Phi) is 3.96. The SMILES string of the molecule is CC1(C)C(C=C(Cl)Cl)C1C(=O)OC1CCSc2nncn21. The van der Waals surface area contributed by atoms with Gasteiger partial charge in [-0.2, -0.15) is 0 Å². The fourth-order valence-corrected chi connectivity index (χ4v) is 4.01. The van der Waals surface area contributed by atoms with Crippen LogP contribution in [0, 0.1) is 17.3 Å². The number of hydrogen-bond donors (Lipinski definition) is 0. The van der Waals surface area contributed by atoms with Crippen molar-refractivity contribution in [3.8, 4) is 0 Å². The predicted molar refractivity (Wildman–Crippen MR) is 81.0 cm³/mol. The number of fused-ring (bicyclic) bond motifs is 1. The number of rotatable bonds is 3. The molecule has 0 saturated heterocycles. The first-order chi connectivity index (χ1) is 9.91. The summed E-state index contributed by atoms with van der Waals surface area (Å²) in [5.41, 5.74) is -0.175. The molecule has 1 aliphatic heterocycles. The second-order valence-electron chi connectivity index (χ2n) is 5.83. The molecule has 0 spiro atoms. The summed E-state index contributed by atoms with van der Waals surface area (Å²) in [4.78, 5) is 12.4. The first kappa shape index (κ1) is 15.2. The quantitative estimate of drug-likeness (QED) is 0.784. The Labute approximate surface area is 137 Å². The Morgan fingerprint density at radius 3 is 3.05 bits per heavy atom. The van der Waals surface area contributed by atoms with Gasteiger partial charge in [-0.3, -0.25) is 9.36 Å². The molecule has 3 rings (SSSR count). The molecule has 0 aromatic carbocycles. The van der Waals surface area contributed by atoms with E-state index >= 15 is 0 Å². The molecule has 1 aliphatic carbocycles. The molecule has 0 amide bonds. The van der Waals surface area contributed by atoms with Crippen LogP contribution in [0.5, 0.6) is 0 Å². The second-order valence-corrected chi connectivity index (χ2v) is 7.90. The third kappa shape index (κ3) is 2.81. The molecule has 114 valence electrons. The van der Waals surface area contributed by atoms with Gasteiger partial charge in [-0.15, -0.1) is 10.2 Å². The minimum absolute atomic E-state index is 0.0216. The van der Waals surface area contributed by atoms with Gasteiger partial charge in [0.05, 0.1) is 5.92 Å². The normalized spacial score (nSPS) is 29.4. The topological polar surface area (TPSA) is 57.0 Å². The fraction of sp³-hybridized carbons (Fsp3) is 0.615. The molecule has 3 unspecified atom stereocenters. The van der Waals surface area contributed by atoms with Gasteiger partial charge in [-0.05, 0) is 17.4 Å². The average Bonchev–Trinajstić information content (AvgIpc) is 2.77. The summed E-state index contributed by atoms with van der Waals surface area (Å²) in [6.07, 6.45) is 3.75. The van der Waals surface area contributed by atoms with Gasteiger partial charge in [0.25, 0.3) is 0 Å². The van der Waals surface area contributed by atoms with E-state index in [0.29, 0.717) is 0 Å². The van der Waals surface area contributed by atoms with E-state index in [2.05, 4.69) is 10.2 Å². The van der Waals surface area contributed by atoms with E-state index in [-0.39, 0.29) is 33.9 Å². The van der Waals surface area contributed by atoms with Crippen molar-refractivity contribution < 1.29 is 9.53 Å². The Bertz CT molecular complexity index is 598. The van der Waals surface area contributed by atoms with E-state index in [1.165, 1.54) is 0 Å². The number of carbonyl (C=O) groups excluding carboxylic acids is 1. The van der Waals surface area contributed by atoms with Crippen molar-refractivity contribution in [3.05, 3.63) is 16.9 Å². The van der Waals surface area contributed by atoms with Crippen LogP contribution in [0.25, 0.3) is 0 Å². The molecule has 0 bridgehead atoms. The largest absolute Gasteiger partial charge is 0.441 e. The maximum Gasteiger partial charge on any atom is 0.312 e. The lowest BCUT2D eigenvalue weighted by Gasteiger charge is -2.23. The summed E-state index contributed by atoms with van der Waals surface area (Å²) < 4.78 is 7.66. The molecule has 21 heavy (non-hydrogen) atoms. The number of nitrogens with zero attached hydrogens (tertiary/aromatic N) is 3. The Hall–Kier alpha value is -0.720. The van der Waals surface area contributed by atoms with E-state index in [1.807, 2.05) is 13.8 Å². The van der Waals surface area contributed by atoms with Gasteiger partial charge in [-0.1, -0.05) is 48.8 Å². The molecular formula is C13H15Cl2N3O2S. The molecule has 1 aromatic rings. The summed E-state index contributed by atoms with van der Waals surface area (Å²) in [6.45, 7) is 4.02. The summed E-state index contributed by atoms with van der Waals surface area (Å²) in [6, 6.07) is 0. The highest BCUT2D eigenvalue weighted by atomic mass is 35.5. The van der Waals surface area contributed by atoms with E-state index in [1.54, 1.807) is 28.7 Å². The van der Waals surface area contributed by atoms with Crippen LogP contribution in [0.1, 0.15) is 26.5 Å². The van der Waals surface area contributed by atoms with Crippen molar-refractivity contribution in [2.24, 2.45) is 17.3 Å². The minimum Gasteiger partial charge on any atom is -0.441 e. The zero-order chi connectivity index (χ0) is 15.2. The lowest BCUT2D eigenvalue weighted by molar-refractivity contribution is -0.157. The van der Waals surface area contributed by atoms with Crippen LogP contribution in [0.4, 0.5) is 0 Å². The Morgan fingerprint density at radius 1 is 1.57 bits per heavy atom. The summed E-state index contributed by atoms with van der Waals surface area (Å²) in [5.74, 6) is 0.460. The lowest BCUT2D eigenvalue weighted by Crippen LogP contribution is -2.23. The van der Waals surface area contributed by atoms with Gasteiger partial charge in [-0.25, -0.2) is 0 Å². The van der Waals surface area contributed by atoms with Gasteiger partial charge in [0, 0.05) is 12.2 Å². The highest BCUT2D eigenvalue weighted by molar-refractivity contribution is 7.99. The number of halogens is 2. The smallest absolute Gasteiger partial charge is 0.312 e. The molecule has 2 aliphatic rings. The first-order valence-electron chi connectivity index (χ1n) is 6.67. The Balaban J connectivity index is 1.70. The fourth-order valence-electron chi connectivity index (χ4n) is 2.82. The maximum absolute atomic E-state index is 12.4. The summed E-state index contributed by atoms with van der Waals surface area (Å²) in [7, 11) is 0. The molecule has 1 saturated carbocycles. The van der Waals surface area contributed by atoms with Crippen molar-refractivity contribution in [1.82, 2.24) is 14.8 Å². The monoisotopic (exact) mass is 347 g/mol. The number of carbonyl (C=O) groups is 1. The average molecular weight is 348 g/mol. The van der Waals surface area contributed by atoms with E-state index < -0.39 is 0 Å². The molecule has 0 N–H and O–H groups in total. The molecule has 5 nitrogen and oxygen atoms in total. The molecule has 0 radical (unpaired) electrons. The molecule has 1 fully saturated rings. The minimum atomic E-state index is -0.323. The lowest BCUT2D eigenvalue weighted by atomic mass is 10.1. The van der Waals surface area contributed by atoms with Gasteiger partial charge in [0.1, 0.15) is 10.8 Å². The first-order valence-corrected chi connectivity index (χ1v) is 8.41.